The van der Waals surface area contributed by atoms with Gasteiger partial charge in [0.15, 0.2) is 0 Å². The number of aliphatic hydroxyl groups is 1. The van der Waals surface area contributed by atoms with Crippen LogP contribution in [0.1, 0.15) is 32.2 Å². The Labute approximate surface area is 119 Å². The van der Waals surface area contributed by atoms with Gasteiger partial charge in [-0.1, -0.05) is 20.8 Å². The molecule has 114 valence electrons. The van der Waals surface area contributed by atoms with Crippen LogP contribution < -0.4 is 16.6 Å². The monoisotopic (exact) mass is 283 g/mol. The molecule has 0 fully saturated rings. The Kier molecular flexibility index (Phi) is 5.67. The van der Waals surface area contributed by atoms with E-state index >= 15 is 0 Å². The van der Waals surface area contributed by atoms with Gasteiger partial charge in [0, 0.05) is 18.1 Å². The lowest BCUT2D eigenvalue weighted by Crippen LogP contribution is -2.31. The van der Waals surface area contributed by atoms with Crippen molar-refractivity contribution in [1.82, 2.24) is 9.97 Å². The number of aromatic nitrogens is 2. The number of ether oxygens (including phenoxy) is 1. The molecule has 0 amide bonds. The van der Waals surface area contributed by atoms with E-state index in [-0.39, 0.29) is 18.1 Å². The van der Waals surface area contributed by atoms with Crippen LogP contribution in [0.4, 0.5) is 11.6 Å². The highest BCUT2D eigenvalue weighted by Crippen LogP contribution is 2.26. The van der Waals surface area contributed by atoms with Crippen LogP contribution in [0, 0.1) is 6.92 Å². The van der Waals surface area contributed by atoms with Crippen molar-refractivity contribution in [3.63, 3.8) is 0 Å². The Morgan fingerprint density at radius 2 is 1.90 bits per heavy atom. The van der Waals surface area contributed by atoms with Crippen LogP contribution >= 0.6 is 0 Å². The van der Waals surface area contributed by atoms with E-state index in [9.17, 15) is 5.11 Å². The fraction of sp³-hybridized carbons (Fsp3) is 0.692. The number of hydrogen-bond acceptors (Lipinski definition) is 7. The molecule has 0 aliphatic heterocycles. The number of anilines is 2. The number of methoxy groups -OCH3 is 1. The minimum atomic E-state index is -0.230. The molecule has 1 aromatic rings. The number of nitrogens with zero attached hydrogens (tertiary/aromatic N) is 2. The zero-order chi connectivity index (χ0) is 15.3. The normalized spacial score (nSPS) is 13.2. The molecular weight excluding hydrogens is 258 g/mol. The van der Waals surface area contributed by atoms with Gasteiger partial charge in [-0.3, -0.25) is 0 Å². The second-order valence-electron chi connectivity index (χ2n) is 5.74. The molecule has 0 spiro atoms. The van der Waals surface area contributed by atoms with Crippen molar-refractivity contribution in [2.24, 2.45) is 5.84 Å². The van der Waals surface area contributed by atoms with Gasteiger partial charge in [-0.15, -0.1) is 0 Å². The van der Waals surface area contributed by atoms with Gasteiger partial charge in [0.25, 0.3) is 0 Å². The van der Waals surface area contributed by atoms with Crippen LogP contribution in [-0.2, 0) is 10.2 Å². The van der Waals surface area contributed by atoms with Crippen LogP contribution in [-0.4, -0.2) is 41.4 Å². The number of hydrogen-bond donors (Lipinski definition) is 4. The van der Waals surface area contributed by atoms with Gasteiger partial charge in [0.1, 0.15) is 17.5 Å². The molecule has 0 aliphatic carbocycles. The van der Waals surface area contributed by atoms with E-state index in [2.05, 4.69) is 20.7 Å². The molecule has 0 bridgehead atoms. The summed E-state index contributed by atoms with van der Waals surface area (Å²) >= 11 is 0. The van der Waals surface area contributed by atoms with Gasteiger partial charge in [0.2, 0.25) is 0 Å². The van der Waals surface area contributed by atoms with Crippen molar-refractivity contribution in [2.45, 2.75) is 39.2 Å². The number of rotatable bonds is 6. The molecule has 0 aromatic carbocycles. The molecule has 7 heteroatoms. The predicted octanol–water partition coefficient (Wildman–Crippen LogP) is 0.787. The van der Waals surface area contributed by atoms with E-state index in [0.29, 0.717) is 24.1 Å². The third-order valence-electron chi connectivity index (χ3n) is 2.88. The van der Waals surface area contributed by atoms with Crippen molar-refractivity contribution in [3.8, 4) is 0 Å². The van der Waals surface area contributed by atoms with Gasteiger partial charge in [-0.2, -0.15) is 0 Å². The fourth-order valence-electron chi connectivity index (χ4n) is 1.67. The van der Waals surface area contributed by atoms with Crippen LogP contribution in [0.2, 0.25) is 0 Å². The van der Waals surface area contributed by atoms with Crippen LogP contribution in [0.15, 0.2) is 0 Å². The lowest BCUT2D eigenvalue weighted by Gasteiger charge is -2.23. The van der Waals surface area contributed by atoms with Gasteiger partial charge < -0.3 is 20.6 Å². The molecule has 0 saturated carbocycles. The minimum absolute atomic E-state index is 0.0481. The highest BCUT2D eigenvalue weighted by Gasteiger charge is 2.22. The summed E-state index contributed by atoms with van der Waals surface area (Å²) in [5.74, 6) is 7.40. The third kappa shape index (κ3) is 4.03. The van der Waals surface area contributed by atoms with Gasteiger partial charge in [-0.05, 0) is 6.92 Å². The molecule has 0 radical (unpaired) electrons. The van der Waals surface area contributed by atoms with Crippen LogP contribution in [0.25, 0.3) is 0 Å². The summed E-state index contributed by atoms with van der Waals surface area (Å²) in [6, 6.07) is -0.230. The van der Waals surface area contributed by atoms with Gasteiger partial charge in [-0.25, -0.2) is 15.8 Å². The first-order valence-corrected chi connectivity index (χ1v) is 6.55. The third-order valence-corrected chi connectivity index (χ3v) is 2.88. The molecule has 1 aromatic heterocycles. The zero-order valence-corrected chi connectivity index (χ0v) is 12.8. The summed E-state index contributed by atoms with van der Waals surface area (Å²) in [5, 5.41) is 12.5. The molecule has 1 atom stereocenters. The number of nitrogen functional groups attached to an aromatic ring is 1. The molecule has 1 heterocycles. The Morgan fingerprint density at radius 1 is 1.30 bits per heavy atom. The Bertz CT molecular complexity index is 445. The first-order valence-electron chi connectivity index (χ1n) is 6.55. The Hall–Kier alpha value is -1.44. The maximum absolute atomic E-state index is 9.34. The molecule has 0 aliphatic rings. The summed E-state index contributed by atoms with van der Waals surface area (Å²) < 4.78 is 5.05. The van der Waals surface area contributed by atoms with Crippen LogP contribution in [0.3, 0.4) is 0 Å². The lowest BCUT2D eigenvalue weighted by molar-refractivity contribution is 0.153. The fourth-order valence-corrected chi connectivity index (χ4v) is 1.67. The van der Waals surface area contributed by atoms with E-state index in [4.69, 9.17) is 10.6 Å². The molecule has 0 saturated heterocycles. The van der Waals surface area contributed by atoms with Crippen molar-refractivity contribution in [1.29, 1.82) is 0 Å². The van der Waals surface area contributed by atoms with Gasteiger partial charge in [0.05, 0.1) is 19.3 Å². The van der Waals surface area contributed by atoms with E-state index in [0.717, 1.165) is 5.56 Å². The second kappa shape index (κ2) is 6.83. The Morgan fingerprint density at radius 3 is 2.35 bits per heavy atom. The van der Waals surface area contributed by atoms with Crippen molar-refractivity contribution < 1.29 is 9.84 Å². The number of nitrogens with one attached hydrogen (secondary N) is 2. The van der Waals surface area contributed by atoms with Crippen molar-refractivity contribution in [3.05, 3.63) is 11.4 Å². The molecule has 20 heavy (non-hydrogen) atoms. The molecule has 1 unspecified atom stereocenters. The average molecular weight is 283 g/mol. The predicted molar refractivity (Wildman–Crippen MR) is 79.7 cm³/mol. The van der Waals surface area contributed by atoms with E-state index in [1.54, 1.807) is 7.11 Å². The largest absolute Gasteiger partial charge is 0.394 e. The summed E-state index contributed by atoms with van der Waals surface area (Å²) in [6.45, 7) is 8.29. The molecule has 1 rings (SSSR count). The summed E-state index contributed by atoms with van der Waals surface area (Å²) in [4.78, 5) is 8.96. The SMILES string of the molecule is COCC(CO)Nc1nc(C(C)(C)C)nc(NN)c1C. The first kappa shape index (κ1) is 16.6. The average Bonchev–Trinajstić information content (AvgIpc) is 2.38. The maximum atomic E-state index is 9.34. The van der Waals surface area contributed by atoms with Crippen molar-refractivity contribution in [2.75, 3.05) is 31.1 Å². The standard InChI is InChI=1S/C13H25N5O2/c1-8-10(15-9(6-19)7-20-5)16-12(13(2,3)4)17-11(8)18-14/h9,19H,6-7,14H2,1-5H3,(H2,15,16,17,18). The highest BCUT2D eigenvalue weighted by atomic mass is 16.5. The number of aliphatic hydroxyl groups excluding tert-OH is 1. The minimum Gasteiger partial charge on any atom is -0.394 e. The summed E-state index contributed by atoms with van der Waals surface area (Å²) in [5.41, 5.74) is 3.18. The van der Waals surface area contributed by atoms with Crippen molar-refractivity contribution >= 4 is 11.6 Å². The van der Waals surface area contributed by atoms with E-state index in [1.807, 2.05) is 27.7 Å². The summed E-state index contributed by atoms with van der Waals surface area (Å²) in [6.07, 6.45) is 0. The van der Waals surface area contributed by atoms with E-state index in [1.165, 1.54) is 0 Å². The smallest absolute Gasteiger partial charge is 0.148 e. The second-order valence-corrected chi connectivity index (χ2v) is 5.74. The van der Waals surface area contributed by atoms with Gasteiger partial charge >= 0.3 is 0 Å². The Balaban J connectivity index is 3.16. The lowest BCUT2D eigenvalue weighted by atomic mass is 9.95. The molecule has 7 nitrogen and oxygen atoms in total. The van der Waals surface area contributed by atoms with Crippen LogP contribution in [0.5, 0.6) is 0 Å². The molecular formula is C13H25N5O2. The van der Waals surface area contributed by atoms with E-state index < -0.39 is 0 Å². The topological polar surface area (TPSA) is 105 Å². The first-order chi connectivity index (χ1) is 9.33. The summed E-state index contributed by atoms with van der Waals surface area (Å²) in [7, 11) is 1.59. The highest BCUT2D eigenvalue weighted by molar-refractivity contribution is 5.57. The zero-order valence-electron chi connectivity index (χ0n) is 12.8. The number of nitrogens with two attached hydrogens (primary N) is 1. The molecule has 5 N–H and O–H groups in total. The number of hydrazine groups is 1. The maximum Gasteiger partial charge on any atom is 0.148 e. The quantitative estimate of drug-likeness (QED) is 0.452.